The highest BCUT2D eigenvalue weighted by Crippen LogP contribution is 2.35. The van der Waals surface area contributed by atoms with Gasteiger partial charge in [-0.3, -0.25) is 0 Å². The maximum absolute atomic E-state index is 12.3. The maximum Gasteiger partial charge on any atom is 0.219 e. The topological polar surface area (TPSA) is 26.9 Å². The molecule has 1 heterocycles. The minimum Gasteiger partial charge on any atom is -0.870 e. The quantitative estimate of drug-likeness (QED) is 0.216. The molecule has 0 aliphatic heterocycles. The van der Waals surface area contributed by atoms with Gasteiger partial charge in [-0.1, -0.05) is 110 Å². The van der Waals surface area contributed by atoms with Gasteiger partial charge in [-0.05, 0) is 46.4 Å². The number of pyridine rings is 1. The molecule has 1 aromatic heterocycles. The highest BCUT2D eigenvalue weighted by Gasteiger charge is 2.26. The summed E-state index contributed by atoms with van der Waals surface area (Å²) in [7, 11) is 0. The highest BCUT2D eigenvalue weighted by atomic mass is 35.5. The van der Waals surface area contributed by atoms with Crippen LogP contribution in [0.1, 0.15) is 26.3 Å². The Hall–Kier alpha value is -3.59. The Morgan fingerprint density at radius 1 is 0.568 bits per heavy atom. The van der Waals surface area contributed by atoms with Gasteiger partial charge in [0.15, 0.2) is 0 Å². The number of benzene rings is 4. The first-order chi connectivity index (χ1) is 17.7. The van der Waals surface area contributed by atoms with Crippen molar-refractivity contribution in [1.29, 1.82) is 0 Å². The number of rotatable bonds is 4. The molecule has 4 aromatic carbocycles. The second-order valence-electron chi connectivity index (χ2n) is 10.1. The number of hydrogen-bond acceptors (Lipinski definition) is 1. The lowest BCUT2D eigenvalue weighted by Gasteiger charge is -2.19. The Kier molecular flexibility index (Phi) is 6.81. The number of nitrogens with zero attached hydrogens (tertiary/aromatic N) is 1. The summed E-state index contributed by atoms with van der Waals surface area (Å²) in [5.41, 5.74) is 8.29. The largest absolute Gasteiger partial charge is 0.870 e. The first-order valence-corrected chi connectivity index (χ1v) is 13.0. The molecule has 0 unspecified atom stereocenters. The molecule has 0 aliphatic carbocycles. The van der Waals surface area contributed by atoms with E-state index in [0.717, 1.165) is 39.3 Å². The number of hydrogen-bond donors (Lipinski definition) is 0. The Morgan fingerprint density at radius 3 is 1.46 bits per heavy atom. The lowest BCUT2D eigenvalue weighted by atomic mass is 9.86. The standard InChI is InChI=1S/C33H27Cl2NO/c1-33(2,3)26-16-14-22(15-17-26)25-18-30(23-10-6-4-7-11-23)36(27-20-28(34)32(37)29(35)21-27)31(19-25)24-12-8-5-9-13-24/h4-21H,1-3H3. The highest BCUT2D eigenvalue weighted by molar-refractivity contribution is 6.37. The monoisotopic (exact) mass is 523 g/mol. The fourth-order valence-corrected chi connectivity index (χ4v) is 5.00. The minimum atomic E-state index is -0.370. The third kappa shape index (κ3) is 5.13. The normalized spacial score (nSPS) is 11.5. The van der Waals surface area contributed by atoms with Crippen LogP contribution in [0.25, 0.3) is 39.3 Å². The zero-order valence-corrected chi connectivity index (χ0v) is 22.5. The fraction of sp³-hybridized carbons (Fsp3) is 0.121. The van der Waals surface area contributed by atoms with Crippen LogP contribution in [0.5, 0.6) is 5.75 Å². The van der Waals surface area contributed by atoms with Crippen LogP contribution in [0, 0.1) is 0 Å². The second kappa shape index (κ2) is 10.0. The van der Waals surface area contributed by atoms with Crippen molar-refractivity contribution in [3.8, 4) is 45.1 Å². The van der Waals surface area contributed by atoms with E-state index in [0.29, 0.717) is 0 Å². The van der Waals surface area contributed by atoms with E-state index < -0.39 is 0 Å². The van der Waals surface area contributed by atoms with Gasteiger partial charge in [-0.2, -0.15) is 4.57 Å². The summed E-state index contributed by atoms with van der Waals surface area (Å²) in [4.78, 5) is 0. The van der Waals surface area contributed by atoms with Gasteiger partial charge < -0.3 is 5.11 Å². The Labute approximate surface area is 228 Å². The van der Waals surface area contributed by atoms with Crippen LogP contribution in [-0.2, 0) is 5.41 Å². The summed E-state index contributed by atoms with van der Waals surface area (Å²) in [6, 6.07) is 36.9. The predicted molar refractivity (Wildman–Crippen MR) is 152 cm³/mol. The summed E-state index contributed by atoms with van der Waals surface area (Å²) < 4.78 is 2.12. The smallest absolute Gasteiger partial charge is 0.219 e. The van der Waals surface area contributed by atoms with Crippen molar-refractivity contribution in [1.82, 2.24) is 0 Å². The van der Waals surface area contributed by atoms with E-state index in [-0.39, 0.29) is 21.2 Å². The van der Waals surface area contributed by atoms with Gasteiger partial charge in [0, 0.05) is 45.4 Å². The SMILES string of the molecule is CC(C)(C)c1ccc(-c2cc(-c3ccccc3)[n+](-c3cc(Cl)c([O-])c(Cl)c3)c(-c3ccccc3)c2)cc1. The van der Waals surface area contributed by atoms with E-state index in [4.69, 9.17) is 23.2 Å². The van der Waals surface area contributed by atoms with Crippen molar-refractivity contribution < 1.29 is 9.67 Å². The van der Waals surface area contributed by atoms with Gasteiger partial charge in [0.1, 0.15) is 0 Å². The van der Waals surface area contributed by atoms with E-state index in [1.54, 1.807) is 12.1 Å². The third-order valence-corrected chi connectivity index (χ3v) is 7.09. The molecule has 0 aliphatic rings. The minimum absolute atomic E-state index is 0.0783. The van der Waals surface area contributed by atoms with Gasteiger partial charge in [0.05, 0.1) is 0 Å². The molecule has 184 valence electrons. The molecule has 37 heavy (non-hydrogen) atoms. The van der Waals surface area contributed by atoms with Crippen molar-refractivity contribution in [2.75, 3.05) is 0 Å². The molecule has 0 N–H and O–H groups in total. The molecule has 2 nitrogen and oxygen atoms in total. The molecule has 0 saturated carbocycles. The average Bonchev–Trinajstić information content (AvgIpc) is 2.91. The van der Waals surface area contributed by atoms with E-state index in [2.05, 4.69) is 86.0 Å². The molecule has 0 atom stereocenters. The molecular formula is C33H27Cl2NO. The van der Waals surface area contributed by atoms with Crippen LogP contribution in [0.2, 0.25) is 10.0 Å². The molecule has 0 amide bonds. The first kappa shape index (κ1) is 25.1. The average molecular weight is 524 g/mol. The van der Waals surface area contributed by atoms with Crippen molar-refractivity contribution in [3.05, 3.63) is 125 Å². The molecule has 5 aromatic rings. The van der Waals surface area contributed by atoms with Crippen molar-refractivity contribution in [2.24, 2.45) is 0 Å². The van der Waals surface area contributed by atoms with E-state index in [1.165, 1.54) is 5.56 Å². The zero-order chi connectivity index (χ0) is 26.2. The molecule has 0 spiro atoms. The zero-order valence-electron chi connectivity index (χ0n) is 21.0. The van der Waals surface area contributed by atoms with Crippen LogP contribution < -0.4 is 9.67 Å². The van der Waals surface area contributed by atoms with Crippen LogP contribution >= 0.6 is 23.2 Å². The molecule has 5 rings (SSSR count). The maximum atomic E-state index is 12.3. The predicted octanol–water partition coefficient (Wildman–Crippen LogP) is 8.64. The first-order valence-electron chi connectivity index (χ1n) is 12.2. The summed E-state index contributed by atoms with van der Waals surface area (Å²) >= 11 is 12.7. The molecule has 0 bridgehead atoms. The van der Waals surface area contributed by atoms with Gasteiger partial charge in [0.2, 0.25) is 17.1 Å². The molecule has 0 fully saturated rings. The van der Waals surface area contributed by atoms with Crippen molar-refractivity contribution in [2.45, 2.75) is 26.2 Å². The van der Waals surface area contributed by atoms with Crippen molar-refractivity contribution in [3.63, 3.8) is 0 Å². The van der Waals surface area contributed by atoms with Gasteiger partial charge in [0.25, 0.3) is 0 Å². The summed E-state index contributed by atoms with van der Waals surface area (Å²) in [5.74, 6) is -0.370. The second-order valence-corrected chi connectivity index (χ2v) is 11.0. The third-order valence-electron chi connectivity index (χ3n) is 6.53. The number of aromatic nitrogens is 1. The van der Waals surface area contributed by atoms with E-state index in [9.17, 15) is 5.11 Å². The van der Waals surface area contributed by atoms with Crippen LogP contribution in [0.4, 0.5) is 0 Å². The van der Waals surface area contributed by atoms with Gasteiger partial charge in [-0.15, -0.1) is 0 Å². The van der Waals surface area contributed by atoms with E-state index in [1.807, 2.05) is 36.4 Å². The number of halogens is 2. The van der Waals surface area contributed by atoms with Crippen LogP contribution in [-0.4, -0.2) is 0 Å². The Morgan fingerprint density at radius 2 is 1.03 bits per heavy atom. The summed E-state index contributed by atoms with van der Waals surface area (Å²) in [5, 5.41) is 12.5. The summed E-state index contributed by atoms with van der Waals surface area (Å²) in [6.45, 7) is 6.66. The van der Waals surface area contributed by atoms with Crippen LogP contribution in [0.15, 0.2) is 109 Å². The Balaban J connectivity index is 1.84. The van der Waals surface area contributed by atoms with Gasteiger partial charge >= 0.3 is 0 Å². The van der Waals surface area contributed by atoms with Crippen LogP contribution in [0.3, 0.4) is 0 Å². The molecular weight excluding hydrogens is 497 g/mol. The lowest BCUT2D eigenvalue weighted by Crippen LogP contribution is -2.36. The lowest BCUT2D eigenvalue weighted by molar-refractivity contribution is -0.572. The summed E-state index contributed by atoms with van der Waals surface area (Å²) in [6.07, 6.45) is 0. The fourth-order valence-electron chi connectivity index (χ4n) is 4.52. The Bertz CT molecular complexity index is 1470. The molecule has 4 heteroatoms. The molecule has 0 saturated heterocycles. The van der Waals surface area contributed by atoms with E-state index >= 15 is 0 Å². The molecule has 0 radical (unpaired) electrons. The van der Waals surface area contributed by atoms with Crippen molar-refractivity contribution >= 4 is 23.2 Å². The van der Waals surface area contributed by atoms with Gasteiger partial charge in [-0.25, -0.2) is 0 Å².